The molecule has 0 radical (unpaired) electrons. The third-order valence-electron chi connectivity index (χ3n) is 4.96. The summed E-state index contributed by atoms with van der Waals surface area (Å²) in [4.78, 5) is 29.0. The lowest BCUT2D eigenvalue weighted by atomic mass is 9.79. The highest BCUT2D eigenvalue weighted by molar-refractivity contribution is 5.99. The number of aromatic nitrogens is 1. The first-order valence-corrected chi connectivity index (χ1v) is 9.06. The molecule has 1 aromatic heterocycles. The van der Waals surface area contributed by atoms with E-state index in [1.165, 1.54) is 0 Å². The van der Waals surface area contributed by atoms with E-state index >= 15 is 0 Å². The van der Waals surface area contributed by atoms with E-state index in [0.29, 0.717) is 11.3 Å². The molecule has 0 saturated carbocycles. The number of para-hydroxylation sites is 2. The quantitative estimate of drug-likeness (QED) is 0.552. The molecule has 1 fully saturated rings. The van der Waals surface area contributed by atoms with Gasteiger partial charge in [-0.05, 0) is 17.7 Å². The topological polar surface area (TPSA) is 77.6 Å². The average Bonchev–Trinajstić information content (AvgIpc) is 3.07. The maximum Gasteiger partial charge on any atom is 0.324 e. The second-order valence-electron chi connectivity index (χ2n) is 7.23. The number of esters is 2. The van der Waals surface area contributed by atoms with Crippen molar-refractivity contribution in [3.8, 4) is 5.75 Å². The third kappa shape index (κ3) is 3.01. The Bertz CT molecular complexity index is 1030. The SMILES string of the molecule is COc1ccccc1[C@H](c1c[nH]c2ccccc12)C1C(=O)OC(C)(C)OC1=O. The summed E-state index contributed by atoms with van der Waals surface area (Å²) in [5.74, 6) is -3.67. The molecule has 1 atom stereocenters. The molecule has 2 aromatic carbocycles. The minimum Gasteiger partial charge on any atom is -0.496 e. The lowest BCUT2D eigenvalue weighted by molar-refractivity contribution is -0.240. The van der Waals surface area contributed by atoms with Crippen LogP contribution in [0.15, 0.2) is 54.7 Å². The highest BCUT2D eigenvalue weighted by atomic mass is 16.7. The normalized spacial score (nSPS) is 17.8. The van der Waals surface area contributed by atoms with Crippen molar-refractivity contribution in [3.05, 3.63) is 65.9 Å². The summed E-state index contributed by atoms with van der Waals surface area (Å²) in [5.41, 5.74) is 2.43. The molecule has 28 heavy (non-hydrogen) atoms. The van der Waals surface area contributed by atoms with Gasteiger partial charge in [-0.15, -0.1) is 0 Å². The Labute approximate surface area is 162 Å². The van der Waals surface area contributed by atoms with Gasteiger partial charge in [0.2, 0.25) is 0 Å². The molecule has 0 spiro atoms. The smallest absolute Gasteiger partial charge is 0.324 e. The molecule has 6 nitrogen and oxygen atoms in total. The van der Waals surface area contributed by atoms with Gasteiger partial charge in [-0.2, -0.15) is 0 Å². The van der Waals surface area contributed by atoms with Gasteiger partial charge < -0.3 is 19.2 Å². The van der Waals surface area contributed by atoms with Crippen molar-refractivity contribution in [2.45, 2.75) is 25.6 Å². The molecular formula is C22H21NO5. The van der Waals surface area contributed by atoms with Crippen molar-refractivity contribution in [2.24, 2.45) is 5.92 Å². The van der Waals surface area contributed by atoms with E-state index < -0.39 is 29.6 Å². The molecule has 1 saturated heterocycles. The molecule has 4 rings (SSSR count). The van der Waals surface area contributed by atoms with Gasteiger partial charge in [0.15, 0.2) is 5.92 Å². The van der Waals surface area contributed by atoms with Crippen LogP contribution in [0.25, 0.3) is 10.9 Å². The van der Waals surface area contributed by atoms with Crippen LogP contribution in [0.4, 0.5) is 0 Å². The summed E-state index contributed by atoms with van der Waals surface area (Å²) in [7, 11) is 1.56. The fourth-order valence-electron chi connectivity index (χ4n) is 3.80. The third-order valence-corrected chi connectivity index (χ3v) is 4.96. The van der Waals surface area contributed by atoms with Crippen molar-refractivity contribution < 1.29 is 23.8 Å². The lowest BCUT2D eigenvalue weighted by Gasteiger charge is -2.36. The van der Waals surface area contributed by atoms with Crippen molar-refractivity contribution in [1.82, 2.24) is 4.98 Å². The largest absolute Gasteiger partial charge is 0.496 e. The molecule has 3 aromatic rings. The zero-order valence-corrected chi connectivity index (χ0v) is 15.9. The number of carbonyl (C=O) groups is 2. The number of benzene rings is 2. The summed E-state index contributed by atoms with van der Waals surface area (Å²) < 4.78 is 16.3. The summed E-state index contributed by atoms with van der Waals surface area (Å²) in [6.07, 6.45) is 1.82. The van der Waals surface area contributed by atoms with Gasteiger partial charge in [-0.3, -0.25) is 9.59 Å². The van der Waals surface area contributed by atoms with Gasteiger partial charge in [0.05, 0.1) is 7.11 Å². The first kappa shape index (κ1) is 18.1. The Balaban J connectivity index is 1.92. The summed E-state index contributed by atoms with van der Waals surface area (Å²) >= 11 is 0. The van der Waals surface area contributed by atoms with E-state index in [0.717, 1.165) is 16.5 Å². The number of carbonyl (C=O) groups excluding carboxylic acids is 2. The fourth-order valence-corrected chi connectivity index (χ4v) is 3.80. The van der Waals surface area contributed by atoms with Gasteiger partial charge in [0.25, 0.3) is 5.79 Å². The Morgan fingerprint density at radius 2 is 1.61 bits per heavy atom. The number of ether oxygens (including phenoxy) is 3. The number of H-pyrrole nitrogens is 1. The van der Waals surface area contributed by atoms with Crippen LogP contribution in [-0.2, 0) is 19.1 Å². The number of rotatable bonds is 4. The maximum atomic E-state index is 12.9. The number of nitrogens with one attached hydrogen (secondary N) is 1. The van der Waals surface area contributed by atoms with Crippen LogP contribution in [0.1, 0.15) is 30.9 Å². The van der Waals surface area contributed by atoms with Crippen LogP contribution in [0.3, 0.4) is 0 Å². The molecular weight excluding hydrogens is 358 g/mol. The molecule has 6 heteroatoms. The molecule has 0 aliphatic carbocycles. The van der Waals surface area contributed by atoms with E-state index in [2.05, 4.69) is 4.98 Å². The van der Waals surface area contributed by atoms with Crippen LogP contribution in [0.2, 0.25) is 0 Å². The van der Waals surface area contributed by atoms with Crippen molar-refractivity contribution in [1.29, 1.82) is 0 Å². The zero-order chi connectivity index (χ0) is 19.9. The van der Waals surface area contributed by atoms with E-state index in [4.69, 9.17) is 14.2 Å². The number of cyclic esters (lactones) is 2. The van der Waals surface area contributed by atoms with E-state index in [-0.39, 0.29) is 0 Å². The van der Waals surface area contributed by atoms with Gasteiger partial charge >= 0.3 is 11.9 Å². The van der Waals surface area contributed by atoms with Crippen LogP contribution in [0, 0.1) is 5.92 Å². The van der Waals surface area contributed by atoms with E-state index in [9.17, 15) is 9.59 Å². The first-order chi connectivity index (χ1) is 13.4. The second kappa shape index (κ2) is 6.71. The van der Waals surface area contributed by atoms with Gasteiger partial charge in [-0.1, -0.05) is 36.4 Å². The van der Waals surface area contributed by atoms with Gasteiger partial charge in [0.1, 0.15) is 5.75 Å². The Morgan fingerprint density at radius 3 is 2.32 bits per heavy atom. The monoisotopic (exact) mass is 379 g/mol. The molecule has 0 amide bonds. The number of hydrogen-bond acceptors (Lipinski definition) is 5. The average molecular weight is 379 g/mol. The maximum absolute atomic E-state index is 12.9. The number of hydrogen-bond donors (Lipinski definition) is 1. The molecule has 0 unspecified atom stereocenters. The van der Waals surface area contributed by atoms with E-state index in [1.54, 1.807) is 27.0 Å². The summed E-state index contributed by atoms with van der Waals surface area (Å²) in [6.45, 7) is 3.09. The molecule has 2 heterocycles. The highest BCUT2D eigenvalue weighted by Crippen LogP contribution is 2.43. The Kier molecular flexibility index (Phi) is 4.34. The minimum atomic E-state index is -1.28. The van der Waals surface area contributed by atoms with Gasteiger partial charge in [-0.25, -0.2) is 0 Å². The second-order valence-corrected chi connectivity index (χ2v) is 7.23. The Hall–Kier alpha value is -3.28. The van der Waals surface area contributed by atoms with E-state index in [1.807, 2.05) is 48.7 Å². The van der Waals surface area contributed by atoms with Crippen molar-refractivity contribution in [2.75, 3.05) is 7.11 Å². The minimum absolute atomic E-state index is 0.586. The molecule has 0 bridgehead atoms. The highest BCUT2D eigenvalue weighted by Gasteiger charge is 2.49. The van der Waals surface area contributed by atoms with Gasteiger partial charge in [0, 0.05) is 42.4 Å². The van der Waals surface area contributed by atoms with Crippen LogP contribution >= 0.6 is 0 Å². The summed E-state index contributed by atoms with van der Waals surface area (Å²) in [6, 6.07) is 15.1. The summed E-state index contributed by atoms with van der Waals surface area (Å²) in [5, 5.41) is 0.920. The van der Waals surface area contributed by atoms with Crippen LogP contribution in [0.5, 0.6) is 5.75 Å². The standard InChI is InChI=1S/C22H21NO5/c1-22(2)27-20(24)19(21(25)28-22)18(14-9-5-7-11-17(14)26-3)15-12-23-16-10-6-4-8-13(15)16/h4-12,18-19,23H,1-3H3/t18-/m1/s1. The molecule has 144 valence electrons. The fraction of sp³-hybridized carbons (Fsp3) is 0.273. The predicted molar refractivity (Wildman–Crippen MR) is 103 cm³/mol. The van der Waals surface area contributed by atoms with Crippen LogP contribution < -0.4 is 4.74 Å². The molecule has 1 aliphatic rings. The first-order valence-electron chi connectivity index (χ1n) is 9.06. The molecule has 1 N–H and O–H groups in total. The number of methoxy groups -OCH3 is 1. The Morgan fingerprint density at radius 1 is 0.964 bits per heavy atom. The lowest BCUT2D eigenvalue weighted by Crippen LogP contribution is -2.48. The van der Waals surface area contributed by atoms with Crippen molar-refractivity contribution >= 4 is 22.8 Å². The number of aromatic amines is 1. The zero-order valence-electron chi connectivity index (χ0n) is 15.9. The van der Waals surface area contributed by atoms with Crippen LogP contribution in [-0.4, -0.2) is 29.8 Å². The van der Waals surface area contributed by atoms with Crippen molar-refractivity contribution in [3.63, 3.8) is 0 Å². The predicted octanol–water partition coefficient (Wildman–Crippen LogP) is 3.76. The molecule has 1 aliphatic heterocycles. The number of fused-ring (bicyclic) bond motifs is 1.